The molecule has 2 fully saturated rings. The van der Waals surface area contributed by atoms with Crippen LogP contribution in [-0.4, -0.2) is 84.0 Å². The Morgan fingerprint density at radius 3 is 2.39 bits per heavy atom. The molecular weight excluding hydrogens is 420 g/mol. The van der Waals surface area contributed by atoms with Gasteiger partial charge in [-0.1, -0.05) is 25.1 Å². The summed E-state index contributed by atoms with van der Waals surface area (Å²) in [5.74, 6) is -0.119. The summed E-state index contributed by atoms with van der Waals surface area (Å²) >= 11 is 0. The maximum Gasteiger partial charge on any atom is 0.410 e. The number of ether oxygens (including phenoxy) is 1. The van der Waals surface area contributed by atoms with Gasteiger partial charge in [-0.05, 0) is 51.7 Å². The third-order valence-electron chi connectivity index (χ3n) is 6.15. The van der Waals surface area contributed by atoms with Crippen LogP contribution in [0, 0.1) is 5.92 Å². The summed E-state index contributed by atoms with van der Waals surface area (Å²) in [4.78, 5) is 43.7. The van der Waals surface area contributed by atoms with Crippen LogP contribution in [0.2, 0.25) is 0 Å². The van der Waals surface area contributed by atoms with Crippen LogP contribution in [0.4, 0.5) is 10.5 Å². The highest BCUT2D eigenvalue weighted by Gasteiger charge is 2.34. The molecule has 1 unspecified atom stereocenters. The van der Waals surface area contributed by atoms with Gasteiger partial charge < -0.3 is 19.9 Å². The van der Waals surface area contributed by atoms with Gasteiger partial charge in [0.15, 0.2) is 0 Å². The highest BCUT2D eigenvalue weighted by molar-refractivity contribution is 5.93. The first kappa shape index (κ1) is 25.0. The Kier molecular flexibility index (Phi) is 8.35. The number of para-hydroxylation sites is 1. The van der Waals surface area contributed by atoms with Gasteiger partial charge in [0.2, 0.25) is 11.8 Å². The van der Waals surface area contributed by atoms with E-state index in [1.54, 1.807) is 4.90 Å². The minimum atomic E-state index is -0.546. The molecule has 0 saturated carbocycles. The molecule has 1 atom stereocenters. The molecule has 1 aromatic rings. The number of likely N-dealkylation sites (tertiary alicyclic amines) is 1. The molecule has 0 spiro atoms. The largest absolute Gasteiger partial charge is 0.444 e. The van der Waals surface area contributed by atoms with Crippen molar-refractivity contribution >= 4 is 23.6 Å². The van der Waals surface area contributed by atoms with Gasteiger partial charge in [-0.25, -0.2) is 4.79 Å². The number of nitrogens with one attached hydrogen (secondary N) is 1. The van der Waals surface area contributed by atoms with Crippen LogP contribution < -0.4 is 5.32 Å². The van der Waals surface area contributed by atoms with Gasteiger partial charge in [-0.3, -0.25) is 14.5 Å². The number of nitrogens with zero attached hydrogens (tertiary/aromatic N) is 3. The fourth-order valence-corrected chi connectivity index (χ4v) is 4.40. The van der Waals surface area contributed by atoms with Crippen molar-refractivity contribution in [3.63, 3.8) is 0 Å². The summed E-state index contributed by atoms with van der Waals surface area (Å²) < 4.78 is 5.48. The van der Waals surface area contributed by atoms with Crippen LogP contribution in [-0.2, 0) is 20.7 Å². The van der Waals surface area contributed by atoms with Crippen LogP contribution in [0.5, 0.6) is 0 Å². The Balaban J connectivity index is 1.45. The number of piperidine rings is 1. The van der Waals surface area contributed by atoms with Crippen molar-refractivity contribution in [3.05, 3.63) is 29.8 Å². The Morgan fingerprint density at radius 1 is 1.03 bits per heavy atom. The fraction of sp³-hybridized carbons (Fsp3) is 0.640. The Morgan fingerprint density at radius 2 is 1.73 bits per heavy atom. The molecule has 0 radical (unpaired) electrons. The van der Waals surface area contributed by atoms with E-state index in [-0.39, 0.29) is 23.8 Å². The Bertz CT molecular complexity index is 843. The Hall–Kier alpha value is -2.61. The van der Waals surface area contributed by atoms with Gasteiger partial charge in [0, 0.05) is 45.0 Å². The molecule has 33 heavy (non-hydrogen) atoms. The molecule has 3 amide bonds. The van der Waals surface area contributed by atoms with Gasteiger partial charge in [0.25, 0.3) is 0 Å². The SMILES string of the molecule is CCc1ccccc1NC(=O)CN1CCN(C(=O)C2CCCN(C(=O)OC(C)(C)C)C2)CC1. The summed E-state index contributed by atoms with van der Waals surface area (Å²) in [7, 11) is 0. The van der Waals surface area contributed by atoms with Crippen molar-refractivity contribution in [1.29, 1.82) is 0 Å². The monoisotopic (exact) mass is 458 g/mol. The van der Waals surface area contributed by atoms with Gasteiger partial charge in [-0.15, -0.1) is 0 Å². The van der Waals surface area contributed by atoms with Crippen LogP contribution in [0.1, 0.15) is 46.1 Å². The first-order valence-corrected chi connectivity index (χ1v) is 12.0. The van der Waals surface area contributed by atoms with Gasteiger partial charge >= 0.3 is 6.09 Å². The predicted molar refractivity (Wildman–Crippen MR) is 128 cm³/mol. The molecule has 0 aliphatic carbocycles. The van der Waals surface area contributed by atoms with Crippen molar-refractivity contribution in [2.45, 2.75) is 52.6 Å². The predicted octanol–water partition coefficient (Wildman–Crippen LogP) is 2.98. The van der Waals surface area contributed by atoms with Crippen molar-refractivity contribution < 1.29 is 19.1 Å². The maximum atomic E-state index is 13.1. The molecule has 8 heteroatoms. The molecule has 2 aliphatic rings. The summed E-state index contributed by atoms with van der Waals surface area (Å²) in [5.41, 5.74) is 1.44. The third kappa shape index (κ3) is 7.19. The topological polar surface area (TPSA) is 82.2 Å². The number of hydrogen-bond acceptors (Lipinski definition) is 5. The zero-order valence-electron chi connectivity index (χ0n) is 20.4. The van der Waals surface area contributed by atoms with Crippen LogP contribution >= 0.6 is 0 Å². The van der Waals surface area contributed by atoms with Crippen LogP contribution in [0.15, 0.2) is 24.3 Å². The van der Waals surface area contributed by atoms with Crippen molar-refractivity contribution in [3.8, 4) is 0 Å². The number of hydrogen-bond donors (Lipinski definition) is 1. The molecule has 1 aromatic carbocycles. The molecule has 0 bridgehead atoms. The van der Waals surface area contributed by atoms with E-state index in [1.165, 1.54) is 0 Å². The molecule has 3 rings (SSSR count). The van der Waals surface area contributed by atoms with E-state index in [0.717, 1.165) is 30.5 Å². The van der Waals surface area contributed by atoms with Crippen LogP contribution in [0.25, 0.3) is 0 Å². The lowest BCUT2D eigenvalue weighted by molar-refractivity contribution is -0.139. The van der Waals surface area contributed by atoms with E-state index in [2.05, 4.69) is 17.1 Å². The molecule has 2 aliphatic heterocycles. The maximum absolute atomic E-state index is 13.1. The zero-order chi connectivity index (χ0) is 24.0. The lowest BCUT2D eigenvalue weighted by Crippen LogP contribution is -2.54. The zero-order valence-corrected chi connectivity index (χ0v) is 20.4. The molecular formula is C25H38N4O4. The average Bonchev–Trinajstić information content (AvgIpc) is 2.78. The van der Waals surface area contributed by atoms with E-state index in [1.807, 2.05) is 49.9 Å². The highest BCUT2D eigenvalue weighted by atomic mass is 16.6. The molecule has 2 saturated heterocycles. The number of anilines is 1. The van der Waals surface area contributed by atoms with Gasteiger partial charge in [0.1, 0.15) is 5.60 Å². The first-order valence-electron chi connectivity index (χ1n) is 12.0. The van der Waals surface area contributed by atoms with E-state index in [4.69, 9.17) is 4.74 Å². The number of rotatable bonds is 5. The second-order valence-electron chi connectivity index (χ2n) is 9.93. The van der Waals surface area contributed by atoms with Crippen molar-refractivity contribution in [2.24, 2.45) is 5.92 Å². The van der Waals surface area contributed by atoms with E-state index >= 15 is 0 Å². The lowest BCUT2D eigenvalue weighted by atomic mass is 9.96. The van der Waals surface area contributed by atoms with E-state index < -0.39 is 5.60 Å². The normalized spacial score (nSPS) is 19.8. The quantitative estimate of drug-likeness (QED) is 0.734. The fourth-order valence-electron chi connectivity index (χ4n) is 4.40. The number of carbonyl (C=O) groups is 3. The lowest BCUT2D eigenvalue weighted by Gasteiger charge is -2.39. The number of benzene rings is 1. The Labute approximate surface area is 197 Å². The van der Waals surface area contributed by atoms with Crippen molar-refractivity contribution in [2.75, 3.05) is 51.1 Å². The van der Waals surface area contributed by atoms with Gasteiger partial charge in [0.05, 0.1) is 12.5 Å². The second kappa shape index (κ2) is 11.0. The second-order valence-corrected chi connectivity index (χ2v) is 9.93. The summed E-state index contributed by atoms with van der Waals surface area (Å²) in [6.45, 7) is 11.5. The molecule has 8 nitrogen and oxygen atoms in total. The number of aryl methyl sites for hydroxylation is 1. The highest BCUT2D eigenvalue weighted by Crippen LogP contribution is 2.22. The summed E-state index contributed by atoms with van der Waals surface area (Å²) in [6.07, 6.45) is 2.11. The van der Waals surface area contributed by atoms with E-state index in [9.17, 15) is 14.4 Å². The molecule has 0 aromatic heterocycles. The van der Waals surface area contributed by atoms with Crippen molar-refractivity contribution in [1.82, 2.24) is 14.7 Å². The third-order valence-corrected chi connectivity index (χ3v) is 6.15. The number of piperazine rings is 1. The first-order chi connectivity index (χ1) is 15.7. The summed E-state index contributed by atoms with van der Waals surface area (Å²) in [5, 5.41) is 3.02. The number of carbonyl (C=O) groups excluding carboxylic acids is 3. The van der Waals surface area contributed by atoms with E-state index in [0.29, 0.717) is 45.8 Å². The molecule has 182 valence electrons. The van der Waals surface area contributed by atoms with Gasteiger partial charge in [-0.2, -0.15) is 0 Å². The molecule has 2 heterocycles. The molecule has 1 N–H and O–H groups in total. The summed E-state index contributed by atoms with van der Waals surface area (Å²) in [6, 6.07) is 7.85. The average molecular weight is 459 g/mol. The smallest absolute Gasteiger partial charge is 0.410 e. The number of amides is 3. The van der Waals surface area contributed by atoms with Crippen LogP contribution in [0.3, 0.4) is 0 Å². The minimum Gasteiger partial charge on any atom is -0.444 e. The standard InChI is InChI=1S/C25H38N4O4/c1-5-19-9-6-7-11-21(19)26-22(30)18-27-13-15-28(16-14-27)23(31)20-10-8-12-29(17-20)24(32)33-25(2,3)4/h6-7,9,11,20H,5,8,10,12-18H2,1-4H3,(H,26,30). The minimum absolute atomic E-state index is 0.0315.